The molecule has 2 heterocycles. The van der Waals surface area contributed by atoms with Crippen LogP contribution in [0.25, 0.3) is 16.9 Å². The van der Waals surface area contributed by atoms with Gasteiger partial charge in [-0.25, -0.2) is 4.68 Å². The maximum atomic E-state index is 13.0. The lowest BCUT2D eigenvalue weighted by molar-refractivity contribution is 0.0978. The van der Waals surface area contributed by atoms with Crippen LogP contribution in [0.1, 0.15) is 16.1 Å². The molecule has 0 bridgehead atoms. The van der Waals surface area contributed by atoms with E-state index in [-0.39, 0.29) is 11.0 Å². The Morgan fingerprint density at radius 3 is 2.63 bits per heavy atom. The third-order valence-corrected chi connectivity index (χ3v) is 4.87. The molecule has 0 aliphatic carbocycles. The van der Waals surface area contributed by atoms with E-state index < -0.39 is 0 Å². The number of benzene rings is 2. The Morgan fingerprint density at radius 2 is 1.93 bits per heavy atom. The fourth-order valence-corrected chi connectivity index (χ4v) is 3.44. The van der Waals surface area contributed by atoms with Crippen molar-refractivity contribution in [1.29, 1.82) is 0 Å². The molecule has 0 aliphatic heterocycles. The monoisotopic (exact) mass is 481 g/mol. The molecule has 0 atom stereocenters. The zero-order valence-electron chi connectivity index (χ0n) is 15.8. The van der Waals surface area contributed by atoms with Crippen LogP contribution in [-0.4, -0.2) is 26.0 Å². The summed E-state index contributed by atoms with van der Waals surface area (Å²) < 4.78 is 7.55. The second-order valence-electron chi connectivity index (χ2n) is 6.41. The van der Waals surface area contributed by atoms with E-state index in [2.05, 4.69) is 36.8 Å². The van der Waals surface area contributed by atoms with Gasteiger partial charge in [-0.3, -0.25) is 10.1 Å². The molecule has 2 aromatic carbocycles. The van der Waals surface area contributed by atoms with E-state index in [0.29, 0.717) is 22.8 Å². The number of nitrogens with zero attached hydrogens (tertiary/aromatic N) is 3. The van der Waals surface area contributed by atoms with Crippen molar-refractivity contribution in [2.75, 3.05) is 5.32 Å². The maximum absolute atomic E-state index is 13.0. The van der Waals surface area contributed by atoms with E-state index >= 15 is 0 Å². The Labute approximate surface area is 186 Å². The lowest BCUT2D eigenvalue weighted by Crippen LogP contribution is -2.34. The smallest absolute Gasteiger partial charge is 0.261 e. The first-order valence-electron chi connectivity index (χ1n) is 8.96. The highest BCUT2D eigenvalue weighted by Crippen LogP contribution is 2.26. The normalized spacial score (nSPS) is 10.6. The standard InChI is InChI=1S/C21H16BrN5O2S/c1-13-10-18(26-29-13)23-21(30)24-20(28)17-12-27(16-8-3-2-4-9-16)25-19(17)14-6-5-7-15(22)11-14/h2-12H,1H3,(H2,23,24,26,28,30). The average molecular weight is 482 g/mol. The molecule has 0 unspecified atom stereocenters. The molecule has 1 amide bonds. The van der Waals surface area contributed by atoms with Crippen molar-refractivity contribution >= 4 is 45.0 Å². The van der Waals surface area contributed by atoms with E-state index in [0.717, 1.165) is 15.7 Å². The number of aryl methyl sites for hydroxylation is 1. The highest BCUT2D eigenvalue weighted by molar-refractivity contribution is 9.10. The largest absolute Gasteiger partial charge is 0.360 e. The van der Waals surface area contributed by atoms with Gasteiger partial charge in [0, 0.05) is 22.3 Å². The van der Waals surface area contributed by atoms with Gasteiger partial charge < -0.3 is 9.84 Å². The molecule has 4 rings (SSSR count). The van der Waals surface area contributed by atoms with Crippen LogP contribution in [0.2, 0.25) is 0 Å². The second kappa shape index (κ2) is 8.60. The summed E-state index contributed by atoms with van der Waals surface area (Å²) in [5.74, 6) is 0.669. The third kappa shape index (κ3) is 4.47. The minimum absolute atomic E-state index is 0.112. The number of carbonyl (C=O) groups is 1. The lowest BCUT2D eigenvalue weighted by Gasteiger charge is -2.07. The number of para-hydroxylation sites is 1. The molecule has 0 spiro atoms. The van der Waals surface area contributed by atoms with Crippen molar-refractivity contribution in [3.63, 3.8) is 0 Å². The molecular weight excluding hydrogens is 466 g/mol. The molecule has 150 valence electrons. The van der Waals surface area contributed by atoms with Gasteiger partial charge in [0.05, 0.1) is 11.3 Å². The van der Waals surface area contributed by atoms with Crippen molar-refractivity contribution in [3.8, 4) is 16.9 Å². The van der Waals surface area contributed by atoms with Crippen molar-refractivity contribution in [2.45, 2.75) is 6.92 Å². The SMILES string of the molecule is Cc1cc(NC(=S)NC(=O)c2cn(-c3ccccc3)nc2-c2cccc(Br)c2)no1. The van der Waals surface area contributed by atoms with Gasteiger partial charge >= 0.3 is 0 Å². The Bertz CT molecular complexity index is 1220. The average Bonchev–Trinajstić information content (AvgIpc) is 3.35. The molecule has 0 saturated carbocycles. The van der Waals surface area contributed by atoms with Gasteiger partial charge in [0.1, 0.15) is 11.5 Å². The van der Waals surface area contributed by atoms with Crippen LogP contribution in [0.3, 0.4) is 0 Å². The Kier molecular flexibility index (Phi) is 5.73. The van der Waals surface area contributed by atoms with Gasteiger partial charge in [-0.2, -0.15) is 5.10 Å². The zero-order chi connectivity index (χ0) is 21.1. The summed E-state index contributed by atoms with van der Waals surface area (Å²) in [6.07, 6.45) is 1.68. The molecule has 0 fully saturated rings. The van der Waals surface area contributed by atoms with Crippen molar-refractivity contribution < 1.29 is 9.32 Å². The van der Waals surface area contributed by atoms with Gasteiger partial charge in [-0.15, -0.1) is 0 Å². The minimum Gasteiger partial charge on any atom is -0.360 e. The van der Waals surface area contributed by atoms with Crippen molar-refractivity contribution in [3.05, 3.63) is 82.7 Å². The number of rotatable bonds is 4. The Hall–Kier alpha value is -3.30. The number of nitrogens with one attached hydrogen (secondary N) is 2. The summed E-state index contributed by atoms with van der Waals surface area (Å²) in [4.78, 5) is 13.0. The molecule has 30 heavy (non-hydrogen) atoms. The van der Waals surface area contributed by atoms with Crippen LogP contribution in [0.5, 0.6) is 0 Å². The first-order chi connectivity index (χ1) is 14.5. The number of carbonyl (C=O) groups excluding carboxylic acids is 1. The van der Waals surface area contributed by atoms with E-state index in [1.54, 1.807) is 23.9 Å². The number of hydrogen-bond donors (Lipinski definition) is 2. The van der Waals surface area contributed by atoms with Crippen molar-refractivity contribution in [1.82, 2.24) is 20.3 Å². The quantitative estimate of drug-likeness (QED) is 0.410. The molecule has 4 aromatic rings. The molecule has 0 radical (unpaired) electrons. The molecule has 0 aliphatic rings. The molecule has 9 heteroatoms. The molecule has 2 N–H and O–H groups in total. The van der Waals surface area contributed by atoms with Crippen LogP contribution >= 0.6 is 28.1 Å². The van der Waals surface area contributed by atoms with E-state index in [1.165, 1.54) is 0 Å². The van der Waals surface area contributed by atoms with Gasteiger partial charge in [0.2, 0.25) is 0 Å². The fraction of sp³-hybridized carbons (Fsp3) is 0.0476. The number of aromatic nitrogens is 3. The Morgan fingerprint density at radius 1 is 1.13 bits per heavy atom. The molecule has 2 aromatic heterocycles. The molecule has 7 nitrogen and oxygen atoms in total. The third-order valence-electron chi connectivity index (χ3n) is 4.17. The zero-order valence-corrected chi connectivity index (χ0v) is 18.2. The molecule has 0 saturated heterocycles. The van der Waals surface area contributed by atoms with Crippen LogP contribution in [0.15, 0.2) is 75.9 Å². The highest BCUT2D eigenvalue weighted by Gasteiger charge is 2.20. The van der Waals surface area contributed by atoms with Crippen molar-refractivity contribution in [2.24, 2.45) is 0 Å². The van der Waals surface area contributed by atoms with Gasteiger partial charge in [0.25, 0.3) is 5.91 Å². The summed E-state index contributed by atoms with van der Waals surface area (Å²) in [6, 6.07) is 18.9. The number of thiocarbonyl (C=S) groups is 1. The summed E-state index contributed by atoms with van der Waals surface area (Å²) in [7, 11) is 0. The number of anilines is 1. The lowest BCUT2D eigenvalue weighted by atomic mass is 10.1. The van der Waals surface area contributed by atoms with Gasteiger partial charge in [-0.1, -0.05) is 51.4 Å². The second-order valence-corrected chi connectivity index (χ2v) is 7.74. The number of amides is 1. The summed E-state index contributed by atoms with van der Waals surface area (Å²) >= 11 is 8.71. The predicted molar refractivity (Wildman–Crippen MR) is 122 cm³/mol. The summed E-state index contributed by atoms with van der Waals surface area (Å²) in [6.45, 7) is 1.77. The Balaban J connectivity index is 1.65. The summed E-state index contributed by atoms with van der Waals surface area (Å²) in [5, 5.41) is 14.1. The fourth-order valence-electron chi connectivity index (χ4n) is 2.85. The maximum Gasteiger partial charge on any atom is 0.261 e. The van der Waals surface area contributed by atoms with Gasteiger partial charge in [-0.05, 0) is 43.4 Å². The minimum atomic E-state index is -0.384. The topological polar surface area (TPSA) is 85.0 Å². The number of hydrogen-bond acceptors (Lipinski definition) is 5. The van der Waals surface area contributed by atoms with Crippen LogP contribution in [-0.2, 0) is 0 Å². The predicted octanol–water partition coefficient (Wildman–Crippen LogP) is 4.73. The highest BCUT2D eigenvalue weighted by atomic mass is 79.9. The van der Waals surface area contributed by atoms with Crippen LogP contribution in [0, 0.1) is 6.92 Å². The van der Waals surface area contributed by atoms with E-state index in [1.807, 2.05) is 54.6 Å². The summed E-state index contributed by atoms with van der Waals surface area (Å²) in [5.41, 5.74) is 2.57. The molecular formula is C21H16BrN5O2S. The van der Waals surface area contributed by atoms with Gasteiger partial charge in [0.15, 0.2) is 10.9 Å². The van der Waals surface area contributed by atoms with E-state index in [4.69, 9.17) is 16.7 Å². The first kappa shape index (κ1) is 20.0. The van der Waals surface area contributed by atoms with Crippen LogP contribution in [0.4, 0.5) is 5.82 Å². The van der Waals surface area contributed by atoms with Crippen LogP contribution < -0.4 is 10.6 Å². The number of halogens is 1. The van der Waals surface area contributed by atoms with E-state index in [9.17, 15) is 4.79 Å². The first-order valence-corrected chi connectivity index (χ1v) is 10.2.